The normalized spacial score (nSPS) is 13.0. The van der Waals surface area contributed by atoms with Crippen molar-refractivity contribution in [3.8, 4) is 0 Å². The van der Waals surface area contributed by atoms with E-state index >= 15 is 0 Å². The molecule has 0 spiro atoms. The van der Waals surface area contributed by atoms with Gasteiger partial charge in [-0.3, -0.25) is 0 Å². The summed E-state index contributed by atoms with van der Waals surface area (Å²) < 4.78 is 32.0. The Hall–Kier alpha value is -1.70. The van der Waals surface area contributed by atoms with Crippen LogP contribution in [0.25, 0.3) is 0 Å². The molecule has 0 amide bonds. The van der Waals surface area contributed by atoms with E-state index in [0.717, 1.165) is 0 Å². The topological polar surface area (TPSA) is 85.3 Å². The monoisotopic (exact) mass is 324 g/mol. The minimum Gasteiger partial charge on any atom is -0.468 e. The van der Waals surface area contributed by atoms with Crippen LogP contribution in [0.2, 0.25) is 0 Å². The number of nitrogens with two attached hydrogens (primary N) is 1. The number of thiocarbonyl (C=S) groups is 1. The van der Waals surface area contributed by atoms with E-state index in [1.54, 1.807) is 43.3 Å². The smallest absolute Gasteiger partial charge is 0.216 e. The van der Waals surface area contributed by atoms with Crippen LogP contribution in [0, 0.1) is 0 Å². The van der Waals surface area contributed by atoms with E-state index in [4.69, 9.17) is 22.4 Å². The first-order valence-corrected chi connectivity index (χ1v) is 8.35. The summed E-state index contributed by atoms with van der Waals surface area (Å²) in [7, 11) is -3.47. The molecule has 1 aromatic heterocycles. The van der Waals surface area contributed by atoms with E-state index in [1.807, 2.05) is 0 Å². The van der Waals surface area contributed by atoms with Crippen molar-refractivity contribution in [1.29, 1.82) is 0 Å². The third kappa shape index (κ3) is 4.38. The highest BCUT2D eigenvalue weighted by Crippen LogP contribution is 2.15. The molecule has 7 heteroatoms. The van der Waals surface area contributed by atoms with Crippen molar-refractivity contribution in [3.05, 3.63) is 59.5 Å². The van der Waals surface area contributed by atoms with Gasteiger partial charge in [-0.25, -0.2) is 13.1 Å². The Morgan fingerprint density at radius 3 is 2.52 bits per heavy atom. The van der Waals surface area contributed by atoms with Crippen LogP contribution < -0.4 is 10.5 Å². The van der Waals surface area contributed by atoms with Gasteiger partial charge in [-0.05, 0) is 24.6 Å². The van der Waals surface area contributed by atoms with Crippen molar-refractivity contribution in [2.45, 2.75) is 18.7 Å². The molecule has 1 aromatic carbocycles. The summed E-state index contributed by atoms with van der Waals surface area (Å²) in [6, 6.07) is 9.85. The second-order valence-corrected chi connectivity index (χ2v) is 6.87. The van der Waals surface area contributed by atoms with Gasteiger partial charge in [0.2, 0.25) is 10.0 Å². The predicted molar refractivity (Wildman–Crippen MR) is 85.2 cm³/mol. The van der Waals surface area contributed by atoms with Gasteiger partial charge in [-0.15, -0.1) is 0 Å². The molecular weight excluding hydrogens is 308 g/mol. The Morgan fingerprint density at radius 1 is 1.33 bits per heavy atom. The third-order valence-corrected chi connectivity index (χ3v) is 4.58. The molecule has 21 heavy (non-hydrogen) atoms. The highest BCUT2D eigenvalue weighted by molar-refractivity contribution is 7.88. The standard InChI is InChI=1S/C14H16N2O3S2/c1-10(13-3-2-8-19-13)16-21(17,18)9-11-4-6-12(7-5-11)14(15)20/h2-8,10,16H,9H2,1H3,(H2,15,20). The van der Waals surface area contributed by atoms with Crippen LogP contribution in [-0.4, -0.2) is 13.4 Å². The zero-order valence-corrected chi connectivity index (χ0v) is 13.1. The van der Waals surface area contributed by atoms with Crippen molar-refractivity contribution >= 4 is 27.2 Å². The average molecular weight is 324 g/mol. The fraction of sp³-hybridized carbons (Fsp3) is 0.214. The maximum atomic E-state index is 12.1. The highest BCUT2D eigenvalue weighted by atomic mass is 32.2. The molecule has 112 valence electrons. The van der Waals surface area contributed by atoms with Gasteiger partial charge in [0.25, 0.3) is 0 Å². The minimum atomic E-state index is -3.47. The fourth-order valence-electron chi connectivity index (χ4n) is 1.89. The minimum absolute atomic E-state index is 0.115. The van der Waals surface area contributed by atoms with Gasteiger partial charge < -0.3 is 10.2 Å². The molecule has 0 saturated carbocycles. The lowest BCUT2D eigenvalue weighted by Crippen LogP contribution is -2.27. The number of hydrogen-bond acceptors (Lipinski definition) is 4. The van der Waals surface area contributed by atoms with Gasteiger partial charge in [-0.1, -0.05) is 36.5 Å². The maximum Gasteiger partial charge on any atom is 0.216 e. The Balaban J connectivity index is 2.05. The van der Waals surface area contributed by atoms with Crippen LogP contribution in [0.4, 0.5) is 0 Å². The molecule has 0 saturated heterocycles. The average Bonchev–Trinajstić information content (AvgIpc) is 2.92. The predicted octanol–water partition coefficient (Wildman–Crippen LogP) is 2.09. The summed E-state index contributed by atoms with van der Waals surface area (Å²) in [6.45, 7) is 1.73. The van der Waals surface area contributed by atoms with Crippen molar-refractivity contribution in [3.63, 3.8) is 0 Å². The SMILES string of the molecule is CC(NS(=O)(=O)Cc1ccc(C(N)=S)cc1)c1ccco1. The van der Waals surface area contributed by atoms with Crippen LogP contribution in [-0.2, 0) is 15.8 Å². The summed E-state index contributed by atoms with van der Waals surface area (Å²) >= 11 is 4.85. The quantitative estimate of drug-likeness (QED) is 0.795. The lowest BCUT2D eigenvalue weighted by molar-refractivity contribution is 0.459. The Bertz CT molecular complexity index is 707. The first-order valence-electron chi connectivity index (χ1n) is 6.29. The summed E-state index contributed by atoms with van der Waals surface area (Å²) in [4.78, 5) is 0.286. The lowest BCUT2D eigenvalue weighted by atomic mass is 10.1. The molecule has 3 N–H and O–H groups in total. The molecule has 0 bridgehead atoms. The maximum absolute atomic E-state index is 12.1. The van der Waals surface area contributed by atoms with Crippen molar-refractivity contribution in [2.24, 2.45) is 5.73 Å². The Labute approximate surface area is 129 Å². The van der Waals surface area contributed by atoms with Gasteiger partial charge >= 0.3 is 0 Å². The molecule has 0 aliphatic rings. The van der Waals surface area contributed by atoms with Crippen LogP contribution in [0.1, 0.15) is 29.9 Å². The van der Waals surface area contributed by atoms with E-state index in [9.17, 15) is 8.42 Å². The van der Waals surface area contributed by atoms with E-state index in [0.29, 0.717) is 16.9 Å². The molecule has 2 rings (SSSR count). The van der Waals surface area contributed by atoms with Crippen molar-refractivity contribution in [2.75, 3.05) is 0 Å². The van der Waals surface area contributed by atoms with Gasteiger partial charge in [0.1, 0.15) is 10.7 Å². The third-order valence-electron chi connectivity index (χ3n) is 2.92. The lowest BCUT2D eigenvalue weighted by Gasteiger charge is -2.12. The summed E-state index contributed by atoms with van der Waals surface area (Å²) in [6.07, 6.45) is 1.51. The number of hydrogen-bond donors (Lipinski definition) is 2. The second kappa shape index (κ2) is 6.38. The van der Waals surface area contributed by atoms with Crippen LogP contribution in [0.15, 0.2) is 47.1 Å². The highest BCUT2D eigenvalue weighted by Gasteiger charge is 2.18. The number of benzene rings is 1. The van der Waals surface area contributed by atoms with E-state index in [2.05, 4.69) is 4.72 Å². The molecule has 1 unspecified atom stereocenters. The first kappa shape index (κ1) is 15.7. The van der Waals surface area contributed by atoms with E-state index in [1.165, 1.54) is 6.26 Å². The van der Waals surface area contributed by atoms with Crippen LogP contribution in [0.5, 0.6) is 0 Å². The largest absolute Gasteiger partial charge is 0.468 e. The zero-order chi connectivity index (χ0) is 15.5. The van der Waals surface area contributed by atoms with E-state index in [-0.39, 0.29) is 10.7 Å². The van der Waals surface area contributed by atoms with Gasteiger partial charge in [-0.2, -0.15) is 0 Å². The van der Waals surface area contributed by atoms with Gasteiger partial charge in [0.05, 0.1) is 18.1 Å². The molecule has 0 aliphatic heterocycles. The molecule has 1 atom stereocenters. The summed E-state index contributed by atoms with van der Waals surface area (Å²) in [5.74, 6) is 0.456. The fourth-order valence-corrected chi connectivity index (χ4v) is 3.40. The molecule has 2 aromatic rings. The number of sulfonamides is 1. The molecule has 1 heterocycles. The Kier molecular flexibility index (Phi) is 4.76. The molecule has 0 radical (unpaired) electrons. The zero-order valence-electron chi connectivity index (χ0n) is 11.4. The second-order valence-electron chi connectivity index (χ2n) is 4.68. The summed E-state index contributed by atoms with van der Waals surface area (Å²) in [5.41, 5.74) is 6.87. The molecular formula is C14H16N2O3S2. The van der Waals surface area contributed by atoms with Crippen LogP contribution >= 0.6 is 12.2 Å². The summed E-state index contributed by atoms with van der Waals surface area (Å²) in [5, 5.41) is 0. The van der Waals surface area contributed by atoms with Gasteiger partial charge in [0.15, 0.2) is 0 Å². The molecule has 5 nitrogen and oxygen atoms in total. The van der Waals surface area contributed by atoms with Crippen molar-refractivity contribution in [1.82, 2.24) is 4.72 Å². The first-order chi connectivity index (χ1) is 9.87. The Morgan fingerprint density at radius 2 is 2.00 bits per heavy atom. The number of rotatable bonds is 6. The number of nitrogens with one attached hydrogen (secondary N) is 1. The van der Waals surface area contributed by atoms with Gasteiger partial charge in [0, 0.05) is 5.56 Å². The number of furan rings is 1. The van der Waals surface area contributed by atoms with E-state index < -0.39 is 16.1 Å². The molecule has 0 aliphatic carbocycles. The van der Waals surface area contributed by atoms with Crippen LogP contribution in [0.3, 0.4) is 0 Å². The van der Waals surface area contributed by atoms with Crippen molar-refractivity contribution < 1.29 is 12.8 Å². The molecule has 0 fully saturated rings.